The number of rotatable bonds is 5. The van der Waals surface area contributed by atoms with Crippen LogP contribution in [0.4, 0.5) is 0 Å². The third-order valence-corrected chi connectivity index (χ3v) is 2.61. The predicted octanol–water partition coefficient (Wildman–Crippen LogP) is 3.22. The molecule has 0 radical (unpaired) electrons. The van der Waals surface area contributed by atoms with Crippen molar-refractivity contribution in [2.75, 3.05) is 0 Å². The Morgan fingerprint density at radius 1 is 1.06 bits per heavy atom. The standard InChI is InChI=1S/C14H15NO/c16-14(12-6-2-1-3-7-12)10-4-8-13-9-5-11-15-13/h1-3,5-7,9,11,15H,4,8,10H2. The summed E-state index contributed by atoms with van der Waals surface area (Å²) in [6.45, 7) is 0. The lowest BCUT2D eigenvalue weighted by atomic mass is 10.1. The van der Waals surface area contributed by atoms with Crippen molar-refractivity contribution in [3.63, 3.8) is 0 Å². The van der Waals surface area contributed by atoms with Crippen molar-refractivity contribution in [3.05, 3.63) is 59.9 Å². The maximum Gasteiger partial charge on any atom is 0.162 e. The fourth-order valence-corrected chi connectivity index (χ4v) is 1.73. The molecule has 0 unspecified atom stereocenters. The molecule has 0 atom stereocenters. The molecule has 2 nitrogen and oxygen atoms in total. The second-order valence-corrected chi connectivity index (χ2v) is 3.84. The van der Waals surface area contributed by atoms with Gasteiger partial charge in [0, 0.05) is 23.9 Å². The van der Waals surface area contributed by atoms with Gasteiger partial charge in [-0.25, -0.2) is 0 Å². The average Bonchev–Trinajstić information content (AvgIpc) is 2.83. The summed E-state index contributed by atoms with van der Waals surface area (Å²) in [5, 5.41) is 0. The molecular formula is C14H15NO. The van der Waals surface area contributed by atoms with Crippen molar-refractivity contribution >= 4 is 5.78 Å². The first-order valence-corrected chi connectivity index (χ1v) is 5.57. The summed E-state index contributed by atoms with van der Waals surface area (Å²) in [6, 6.07) is 13.5. The van der Waals surface area contributed by atoms with Crippen LogP contribution in [-0.4, -0.2) is 10.8 Å². The number of hydrogen-bond donors (Lipinski definition) is 1. The van der Waals surface area contributed by atoms with Crippen LogP contribution in [0.1, 0.15) is 28.9 Å². The van der Waals surface area contributed by atoms with E-state index in [1.54, 1.807) is 0 Å². The number of H-pyrrole nitrogens is 1. The maximum atomic E-state index is 11.8. The van der Waals surface area contributed by atoms with Crippen LogP contribution in [0, 0.1) is 0 Å². The van der Waals surface area contributed by atoms with Crippen LogP contribution >= 0.6 is 0 Å². The van der Waals surface area contributed by atoms with Crippen LogP contribution in [0.3, 0.4) is 0 Å². The number of carbonyl (C=O) groups excluding carboxylic acids is 1. The van der Waals surface area contributed by atoms with Crippen LogP contribution in [0.15, 0.2) is 48.7 Å². The summed E-state index contributed by atoms with van der Waals surface area (Å²) in [4.78, 5) is 14.9. The highest BCUT2D eigenvalue weighted by Gasteiger charge is 2.04. The molecule has 16 heavy (non-hydrogen) atoms. The van der Waals surface area contributed by atoms with Gasteiger partial charge in [-0.2, -0.15) is 0 Å². The van der Waals surface area contributed by atoms with E-state index in [4.69, 9.17) is 0 Å². The first-order valence-electron chi connectivity index (χ1n) is 5.57. The van der Waals surface area contributed by atoms with E-state index >= 15 is 0 Å². The van der Waals surface area contributed by atoms with E-state index in [2.05, 4.69) is 4.98 Å². The largest absolute Gasteiger partial charge is 0.365 e. The van der Waals surface area contributed by atoms with E-state index in [0.717, 1.165) is 18.4 Å². The smallest absolute Gasteiger partial charge is 0.162 e. The van der Waals surface area contributed by atoms with Gasteiger partial charge in [0.1, 0.15) is 0 Å². The lowest BCUT2D eigenvalue weighted by molar-refractivity contribution is 0.0980. The van der Waals surface area contributed by atoms with E-state index in [-0.39, 0.29) is 5.78 Å². The Labute approximate surface area is 95.3 Å². The Kier molecular flexibility index (Phi) is 3.54. The van der Waals surface area contributed by atoms with Crippen LogP contribution in [-0.2, 0) is 6.42 Å². The van der Waals surface area contributed by atoms with Crippen molar-refractivity contribution in [2.45, 2.75) is 19.3 Å². The number of aryl methyl sites for hydroxylation is 1. The molecule has 82 valence electrons. The maximum absolute atomic E-state index is 11.8. The molecule has 2 aromatic rings. The number of aromatic nitrogens is 1. The predicted molar refractivity (Wildman–Crippen MR) is 64.5 cm³/mol. The van der Waals surface area contributed by atoms with Gasteiger partial charge in [0.25, 0.3) is 0 Å². The summed E-state index contributed by atoms with van der Waals surface area (Å²) < 4.78 is 0. The molecule has 2 rings (SSSR count). The Balaban J connectivity index is 1.81. The van der Waals surface area contributed by atoms with Gasteiger partial charge in [0.15, 0.2) is 5.78 Å². The molecule has 1 aromatic heterocycles. The highest BCUT2D eigenvalue weighted by molar-refractivity contribution is 5.95. The lowest BCUT2D eigenvalue weighted by Gasteiger charge is -2.00. The molecule has 0 fully saturated rings. The third-order valence-electron chi connectivity index (χ3n) is 2.61. The number of nitrogens with one attached hydrogen (secondary N) is 1. The van der Waals surface area contributed by atoms with Crippen molar-refractivity contribution in [2.24, 2.45) is 0 Å². The van der Waals surface area contributed by atoms with E-state index in [1.807, 2.05) is 48.7 Å². The van der Waals surface area contributed by atoms with E-state index in [1.165, 1.54) is 5.69 Å². The summed E-state index contributed by atoms with van der Waals surface area (Å²) in [7, 11) is 0. The Bertz CT molecular complexity index is 431. The number of Topliss-reactive ketones (excluding diaryl/α,β-unsaturated/α-hetero) is 1. The molecule has 0 amide bonds. The molecule has 0 saturated carbocycles. The van der Waals surface area contributed by atoms with Gasteiger partial charge in [0.05, 0.1) is 0 Å². The fourth-order valence-electron chi connectivity index (χ4n) is 1.73. The van der Waals surface area contributed by atoms with Crippen molar-refractivity contribution in [1.29, 1.82) is 0 Å². The van der Waals surface area contributed by atoms with Crippen molar-refractivity contribution in [3.8, 4) is 0 Å². The van der Waals surface area contributed by atoms with E-state index in [0.29, 0.717) is 6.42 Å². The molecule has 0 spiro atoms. The quantitative estimate of drug-likeness (QED) is 0.760. The van der Waals surface area contributed by atoms with Crippen molar-refractivity contribution < 1.29 is 4.79 Å². The molecule has 2 heteroatoms. The summed E-state index contributed by atoms with van der Waals surface area (Å²) in [5.74, 6) is 0.229. The molecule has 1 N–H and O–H groups in total. The highest BCUT2D eigenvalue weighted by Crippen LogP contribution is 2.07. The van der Waals surface area contributed by atoms with Gasteiger partial charge in [-0.05, 0) is 25.0 Å². The topological polar surface area (TPSA) is 32.9 Å². The summed E-state index contributed by atoms with van der Waals surface area (Å²) >= 11 is 0. The molecule has 0 bridgehead atoms. The molecule has 0 aliphatic heterocycles. The number of benzene rings is 1. The molecule has 0 saturated heterocycles. The molecule has 1 heterocycles. The zero-order valence-electron chi connectivity index (χ0n) is 9.15. The minimum absolute atomic E-state index is 0.229. The lowest BCUT2D eigenvalue weighted by Crippen LogP contribution is -1.99. The molecule has 0 aliphatic carbocycles. The molecule has 0 aliphatic rings. The minimum Gasteiger partial charge on any atom is -0.365 e. The van der Waals surface area contributed by atoms with Gasteiger partial charge in [0.2, 0.25) is 0 Å². The highest BCUT2D eigenvalue weighted by atomic mass is 16.1. The summed E-state index contributed by atoms with van der Waals surface area (Å²) in [6.07, 6.45) is 4.36. The van der Waals surface area contributed by atoms with E-state index in [9.17, 15) is 4.79 Å². The molecule has 1 aromatic carbocycles. The average molecular weight is 213 g/mol. The number of hydrogen-bond acceptors (Lipinski definition) is 1. The van der Waals surface area contributed by atoms with E-state index < -0.39 is 0 Å². The first kappa shape index (κ1) is 10.7. The number of aromatic amines is 1. The molecular weight excluding hydrogens is 198 g/mol. The monoisotopic (exact) mass is 213 g/mol. The van der Waals surface area contributed by atoms with Gasteiger partial charge in [-0.15, -0.1) is 0 Å². The third kappa shape index (κ3) is 2.83. The number of carbonyl (C=O) groups is 1. The van der Waals surface area contributed by atoms with Crippen LogP contribution in [0.5, 0.6) is 0 Å². The van der Waals surface area contributed by atoms with Gasteiger partial charge in [-0.1, -0.05) is 30.3 Å². The number of ketones is 1. The fraction of sp³-hybridized carbons (Fsp3) is 0.214. The zero-order chi connectivity index (χ0) is 11.2. The second-order valence-electron chi connectivity index (χ2n) is 3.84. The Morgan fingerprint density at radius 2 is 1.88 bits per heavy atom. The normalized spacial score (nSPS) is 10.2. The summed E-state index contributed by atoms with van der Waals surface area (Å²) in [5.41, 5.74) is 2.01. The second kappa shape index (κ2) is 5.31. The van der Waals surface area contributed by atoms with Crippen LogP contribution < -0.4 is 0 Å². The van der Waals surface area contributed by atoms with Crippen LogP contribution in [0.2, 0.25) is 0 Å². The van der Waals surface area contributed by atoms with Crippen molar-refractivity contribution in [1.82, 2.24) is 4.98 Å². The first-order chi connectivity index (χ1) is 7.86. The van der Waals surface area contributed by atoms with Gasteiger partial charge >= 0.3 is 0 Å². The minimum atomic E-state index is 0.229. The Morgan fingerprint density at radius 3 is 2.56 bits per heavy atom. The van der Waals surface area contributed by atoms with Gasteiger partial charge < -0.3 is 4.98 Å². The van der Waals surface area contributed by atoms with Gasteiger partial charge in [-0.3, -0.25) is 4.79 Å². The SMILES string of the molecule is O=C(CCCc1ccc[nH]1)c1ccccc1. The van der Waals surface area contributed by atoms with Crippen LogP contribution in [0.25, 0.3) is 0 Å². The zero-order valence-corrected chi connectivity index (χ0v) is 9.15. The Hall–Kier alpha value is -1.83.